The van der Waals surface area contributed by atoms with E-state index in [9.17, 15) is 9.59 Å². The van der Waals surface area contributed by atoms with Crippen LogP contribution in [0.4, 0.5) is 0 Å². The van der Waals surface area contributed by atoms with Gasteiger partial charge in [-0.15, -0.1) is 0 Å². The smallest absolute Gasteiger partial charge is 0.251 e. The van der Waals surface area contributed by atoms with Crippen molar-refractivity contribution in [3.05, 3.63) is 0 Å². The number of nitrogens with two attached hydrogens (primary N) is 1. The average Bonchev–Trinajstić information content (AvgIpc) is 2.18. The molecule has 6 heteroatoms. The third-order valence-corrected chi connectivity index (χ3v) is 1.97. The minimum Gasteiger partial charge on any atom is -0.370 e. The van der Waals surface area contributed by atoms with E-state index in [0.717, 1.165) is 0 Å². The van der Waals surface area contributed by atoms with Crippen LogP contribution < -0.4 is 16.4 Å². The van der Waals surface area contributed by atoms with Crippen LogP contribution in [0.3, 0.4) is 0 Å². The molecule has 2 amide bonds. The molecule has 0 fully saturated rings. The third-order valence-electron chi connectivity index (χ3n) is 1.97. The summed E-state index contributed by atoms with van der Waals surface area (Å²) in [7, 11) is 1.40. The van der Waals surface area contributed by atoms with Gasteiger partial charge in [0, 0.05) is 19.7 Å². The summed E-state index contributed by atoms with van der Waals surface area (Å²) >= 11 is 0. The summed E-state index contributed by atoms with van der Waals surface area (Å²) in [6, 6.07) is -0.557. The Hall–Kier alpha value is -1.14. The van der Waals surface area contributed by atoms with Crippen LogP contribution in [0.25, 0.3) is 0 Å². The molecule has 0 bridgehead atoms. The summed E-state index contributed by atoms with van der Waals surface area (Å²) in [5.41, 5.74) is 5.33. The molecular weight excluding hydrogens is 210 g/mol. The van der Waals surface area contributed by atoms with E-state index in [4.69, 9.17) is 10.5 Å². The van der Waals surface area contributed by atoms with Gasteiger partial charge in [-0.25, -0.2) is 0 Å². The van der Waals surface area contributed by atoms with Crippen LogP contribution in [0.2, 0.25) is 0 Å². The van der Waals surface area contributed by atoms with Gasteiger partial charge in [0.25, 0.3) is 5.91 Å². The Kier molecular flexibility index (Phi) is 6.67. The highest BCUT2D eigenvalue weighted by Crippen LogP contribution is 1.91. The molecule has 6 nitrogen and oxygen atoms in total. The van der Waals surface area contributed by atoms with Crippen LogP contribution in [-0.4, -0.2) is 43.7 Å². The number of ether oxygens (including phenoxy) is 1. The first-order valence-electron chi connectivity index (χ1n) is 5.26. The number of amides is 2. The second-order valence-corrected chi connectivity index (χ2v) is 3.85. The maximum Gasteiger partial charge on any atom is 0.251 e. The summed E-state index contributed by atoms with van der Waals surface area (Å²) < 4.78 is 4.85. The maximum atomic E-state index is 11.5. The van der Waals surface area contributed by atoms with Crippen molar-refractivity contribution in [1.82, 2.24) is 10.6 Å². The Morgan fingerprint density at radius 3 is 2.12 bits per heavy atom. The number of rotatable bonds is 6. The van der Waals surface area contributed by atoms with Crippen molar-refractivity contribution in [3.63, 3.8) is 0 Å². The molecule has 0 rings (SSSR count). The topological polar surface area (TPSA) is 93.4 Å². The summed E-state index contributed by atoms with van der Waals surface area (Å²) in [5.74, 6) is -0.605. The molecule has 16 heavy (non-hydrogen) atoms. The van der Waals surface area contributed by atoms with Crippen molar-refractivity contribution in [3.8, 4) is 0 Å². The SMILES string of the molecule is COC(CN)C(=O)NC(C)C(=O)NC(C)C. The van der Waals surface area contributed by atoms with Gasteiger partial charge in [0.15, 0.2) is 0 Å². The van der Waals surface area contributed by atoms with Crippen molar-refractivity contribution in [1.29, 1.82) is 0 Å². The second kappa shape index (κ2) is 7.19. The Labute approximate surface area is 95.9 Å². The lowest BCUT2D eigenvalue weighted by Crippen LogP contribution is -2.51. The van der Waals surface area contributed by atoms with E-state index in [-0.39, 0.29) is 24.4 Å². The number of nitrogens with one attached hydrogen (secondary N) is 2. The first kappa shape index (κ1) is 14.9. The van der Waals surface area contributed by atoms with Gasteiger partial charge in [-0.2, -0.15) is 0 Å². The van der Waals surface area contributed by atoms with Crippen molar-refractivity contribution >= 4 is 11.8 Å². The lowest BCUT2D eigenvalue weighted by atomic mass is 10.2. The van der Waals surface area contributed by atoms with Crippen molar-refractivity contribution in [2.45, 2.75) is 39.0 Å². The normalized spacial score (nSPS) is 14.4. The number of methoxy groups -OCH3 is 1. The van der Waals surface area contributed by atoms with Gasteiger partial charge < -0.3 is 21.1 Å². The van der Waals surface area contributed by atoms with Gasteiger partial charge in [0.05, 0.1) is 0 Å². The fourth-order valence-electron chi connectivity index (χ4n) is 1.09. The van der Waals surface area contributed by atoms with Crippen LogP contribution in [0, 0.1) is 0 Å². The number of carbonyl (C=O) groups is 2. The van der Waals surface area contributed by atoms with Crippen molar-refractivity contribution in [2.75, 3.05) is 13.7 Å². The van der Waals surface area contributed by atoms with E-state index in [1.165, 1.54) is 7.11 Å². The van der Waals surface area contributed by atoms with Gasteiger partial charge in [-0.3, -0.25) is 9.59 Å². The van der Waals surface area contributed by atoms with Gasteiger partial charge in [-0.1, -0.05) is 0 Å². The molecule has 0 aliphatic rings. The first-order valence-corrected chi connectivity index (χ1v) is 5.26. The molecule has 0 spiro atoms. The highest BCUT2D eigenvalue weighted by atomic mass is 16.5. The van der Waals surface area contributed by atoms with Crippen LogP contribution in [0.5, 0.6) is 0 Å². The minimum absolute atomic E-state index is 0.0413. The second-order valence-electron chi connectivity index (χ2n) is 3.85. The predicted molar refractivity (Wildman–Crippen MR) is 60.7 cm³/mol. The third kappa shape index (κ3) is 5.09. The predicted octanol–water partition coefficient (Wildman–Crippen LogP) is -1.01. The van der Waals surface area contributed by atoms with E-state index in [1.807, 2.05) is 13.8 Å². The van der Waals surface area contributed by atoms with Crippen molar-refractivity contribution in [2.24, 2.45) is 5.73 Å². The molecular formula is C10H21N3O3. The zero-order valence-corrected chi connectivity index (χ0v) is 10.2. The molecule has 2 atom stereocenters. The van der Waals surface area contributed by atoms with Crippen molar-refractivity contribution < 1.29 is 14.3 Å². The fourth-order valence-corrected chi connectivity index (χ4v) is 1.09. The molecule has 0 aliphatic heterocycles. The average molecular weight is 231 g/mol. The van der Waals surface area contributed by atoms with E-state index in [0.29, 0.717) is 0 Å². The van der Waals surface area contributed by atoms with Gasteiger partial charge in [0.2, 0.25) is 5.91 Å². The fraction of sp³-hybridized carbons (Fsp3) is 0.800. The molecule has 0 aromatic carbocycles. The maximum absolute atomic E-state index is 11.5. The lowest BCUT2D eigenvalue weighted by Gasteiger charge is -2.19. The Morgan fingerprint density at radius 1 is 1.19 bits per heavy atom. The summed E-state index contributed by atoms with van der Waals surface area (Å²) in [5, 5.41) is 5.23. The van der Waals surface area contributed by atoms with Gasteiger partial charge in [-0.05, 0) is 20.8 Å². The van der Waals surface area contributed by atoms with Crippen LogP contribution in [0.1, 0.15) is 20.8 Å². The molecule has 94 valence electrons. The Balaban J connectivity index is 4.17. The molecule has 0 radical (unpaired) electrons. The van der Waals surface area contributed by atoms with Gasteiger partial charge in [0.1, 0.15) is 12.1 Å². The highest BCUT2D eigenvalue weighted by molar-refractivity contribution is 5.89. The molecule has 2 unspecified atom stereocenters. The van der Waals surface area contributed by atoms with Crippen LogP contribution in [-0.2, 0) is 14.3 Å². The van der Waals surface area contributed by atoms with Crippen LogP contribution >= 0.6 is 0 Å². The summed E-state index contributed by atoms with van der Waals surface area (Å²) in [6.45, 7) is 5.40. The van der Waals surface area contributed by atoms with E-state index in [1.54, 1.807) is 6.92 Å². The van der Waals surface area contributed by atoms with E-state index in [2.05, 4.69) is 10.6 Å². The molecule has 0 aromatic rings. The number of hydrogen-bond acceptors (Lipinski definition) is 4. The molecule has 4 N–H and O–H groups in total. The number of carbonyl (C=O) groups excluding carboxylic acids is 2. The highest BCUT2D eigenvalue weighted by Gasteiger charge is 2.21. The van der Waals surface area contributed by atoms with E-state index < -0.39 is 12.1 Å². The zero-order valence-electron chi connectivity index (χ0n) is 10.2. The number of hydrogen-bond donors (Lipinski definition) is 3. The Bertz CT molecular complexity index is 239. The minimum atomic E-state index is -0.714. The van der Waals surface area contributed by atoms with Gasteiger partial charge >= 0.3 is 0 Å². The molecule has 0 aromatic heterocycles. The summed E-state index contributed by atoms with van der Waals surface area (Å²) in [6.07, 6.45) is -0.714. The summed E-state index contributed by atoms with van der Waals surface area (Å²) in [4.78, 5) is 23.0. The Morgan fingerprint density at radius 2 is 1.75 bits per heavy atom. The zero-order chi connectivity index (χ0) is 12.7. The molecule has 0 aliphatic carbocycles. The largest absolute Gasteiger partial charge is 0.370 e. The molecule has 0 heterocycles. The molecule has 0 saturated carbocycles. The van der Waals surface area contributed by atoms with Crippen LogP contribution in [0.15, 0.2) is 0 Å². The quantitative estimate of drug-likeness (QED) is 0.546. The monoisotopic (exact) mass is 231 g/mol. The van der Waals surface area contributed by atoms with E-state index >= 15 is 0 Å². The lowest BCUT2D eigenvalue weighted by molar-refractivity contribution is -0.134. The standard InChI is InChI=1S/C10H21N3O3/c1-6(2)12-9(14)7(3)13-10(15)8(5-11)16-4/h6-8H,5,11H2,1-4H3,(H,12,14)(H,13,15). The first-order chi connectivity index (χ1) is 7.42. The molecule has 0 saturated heterocycles.